The average molecular weight is 306 g/mol. The molecule has 5 heteroatoms. The molecule has 2 rings (SSSR count). The van der Waals surface area contributed by atoms with Gasteiger partial charge in [0.15, 0.2) is 5.96 Å². The lowest BCUT2D eigenvalue weighted by molar-refractivity contribution is 0.192. The second kappa shape index (κ2) is 8.83. The van der Waals surface area contributed by atoms with Gasteiger partial charge in [-0.05, 0) is 44.0 Å². The zero-order chi connectivity index (χ0) is 15.8. The summed E-state index contributed by atoms with van der Waals surface area (Å²) in [5, 5.41) is 6.83. The van der Waals surface area contributed by atoms with Crippen molar-refractivity contribution in [3.05, 3.63) is 24.2 Å². The molecule has 1 aliphatic heterocycles. The van der Waals surface area contributed by atoms with Crippen molar-refractivity contribution in [3.8, 4) is 0 Å². The van der Waals surface area contributed by atoms with Crippen molar-refractivity contribution in [2.24, 2.45) is 10.9 Å². The van der Waals surface area contributed by atoms with E-state index in [1.54, 1.807) is 6.26 Å². The summed E-state index contributed by atoms with van der Waals surface area (Å²) in [6.45, 7) is 8.83. The van der Waals surface area contributed by atoms with Gasteiger partial charge in [0.05, 0.1) is 6.26 Å². The highest BCUT2D eigenvalue weighted by Gasteiger charge is 2.24. The fraction of sp³-hybridized carbons (Fsp3) is 0.706. The average Bonchev–Trinajstić information content (AvgIpc) is 3.18. The van der Waals surface area contributed by atoms with Crippen LogP contribution < -0.4 is 10.6 Å². The standard InChI is InChI=1S/C17H30N4O/c1-14(2)16(21-10-4-5-11-21)13-20-17(18-3)19-9-8-15-7-6-12-22-15/h6-7,12,14,16H,4-5,8-11,13H2,1-3H3,(H2,18,19,20). The predicted octanol–water partition coefficient (Wildman–Crippen LogP) is 2.11. The van der Waals surface area contributed by atoms with Crippen molar-refractivity contribution in [2.45, 2.75) is 39.2 Å². The molecule has 1 aromatic rings. The molecule has 1 fully saturated rings. The molecule has 124 valence electrons. The molecule has 1 aromatic heterocycles. The summed E-state index contributed by atoms with van der Waals surface area (Å²) < 4.78 is 5.34. The van der Waals surface area contributed by atoms with E-state index in [0.29, 0.717) is 12.0 Å². The van der Waals surface area contributed by atoms with Gasteiger partial charge in [0.1, 0.15) is 5.76 Å². The number of guanidine groups is 1. The maximum atomic E-state index is 5.34. The van der Waals surface area contributed by atoms with Gasteiger partial charge >= 0.3 is 0 Å². The minimum atomic E-state index is 0.575. The van der Waals surface area contributed by atoms with Crippen molar-refractivity contribution < 1.29 is 4.42 Å². The minimum absolute atomic E-state index is 0.575. The van der Waals surface area contributed by atoms with Crippen molar-refractivity contribution in [2.75, 3.05) is 33.2 Å². The van der Waals surface area contributed by atoms with E-state index in [4.69, 9.17) is 4.42 Å². The molecule has 0 bridgehead atoms. The molecule has 0 spiro atoms. The summed E-state index contributed by atoms with van der Waals surface area (Å²) in [4.78, 5) is 6.92. The second-order valence-corrected chi connectivity index (χ2v) is 6.26. The lowest BCUT2D eigenvalue weighted by atomic mass is 10.0. The first kappa shape index (κ1) is 16.9. The predicted molar refractivity (Wildman–Crippen MR) is 91.2 cm³/mol. The van der Waals surface area contributed by atoms with Gasteiger partial charge in [-0.25, -0.2) is 0 Å². The molecule has 0 radical (unpaired) electrons. The molecule has 2 heterocycles. The number of hydrogen-bond donors (Lipinski definition) is 2. The highest BCUT2D eigenvalue weighted by Crippen LogP contribution is 2.17. The maximum absolute atomic E-state index is 5.34. The van der Waals surface area contributed by atoms with Gasteiger partial charge in [0.2, 0.25) is 0 Å². The fourth-order valence-corrected chi connectivity index (χ4v) is 3.04. The zero-order valence-corrected chi connectivity index (χ0v) is 14.1. The Kier molecular flexibility index (Phi) is 6.77. The third-order valence-electron chi connectivity index (χ3n) is 4.33. The SMILES string of the molecule is CN=C(NCCc1ccco1)NCC(C(C)C)N1CCCC1. The number of nitrogens with one attached hydrogen (secondary N) is 2. The molecule has 1 aliphatic rings. The summed E-state index contributed by atoms with van der Waals surface area (Å²) in [5.74, 6) is 2.52. The van der Waals surface area contributed by atoms with Crippen LogP contribution in [0.4, 0.5) is 0 Å². The van der Waals surface area contributed by atoms with Crippen LogP contribution in [0.15, 0.2) is 27.8 Å². The Morgan fingerprint density at radius 2 is 2.09 bits per heavy atom. The Labute approximate surface area is 134 Å². The number of aliphatic imine (C=N–C) groups is 1. The molecule has 1 saturated heterocycles. The molecular weight excluding hydrogens is 276 g/mol. The van der Waals surface area contributed by atoms with Gasteiger partial charge in [0, 0.05) is 32.6 Å². The molecule has 0 amide bonds. The van der Waals surface area contributed by atoms with Gasteiger partial charge in [-0.3, -0.25) is 9.89 Å². The number of rotatable bonds is 7. The first-order chi connectivity index (χ1) is 10.7. The van der Waals surface area contributed by atoms with E-state index in [1.165, 1.54) is 25.9 Å². The Morgan fingerprint density at radius 3 is 2.68 bits per heavy atom. The molecule has 0 aliphatic carbocycles. The molecule has 0 aromatic carbocycles. The summed E-state index contributed by atoms with van der Waals surface area (Å²) in [6.07, 6.45) is 5.25. The molecule has 0 saturated carbocycles. The monoisotopic (exact) mass is 306 g/mol. The Balaban J connectivity index is 1.74. The minimum Gasteiger partial charge on any atom is -0.469 e. The van der Waals surface area contributed by atoms with E-state index in [0.717, 1.165) is 31.2 Å². The van der Waals surface area contributed by atoms with Crippen LogP contribution in [-0.4, -0.2) is 50.1 Å². The van der Waals surface area contributed by atoms with E-state index < -0.39 is 0 Å². The summed E-state index contributed by atoms with van der Waals surface area (Å²) in [7, 11) is 1.82. The topological polar surface area (TPSA) is 52.8 Å². The van der Waals surface area contributed by atoms with Crippen molar-refractivity contribution >= 4 is 5.96 Å². The number of furan rings is 1. The van der Waals surface area contributed by atoms with Crippen LogP contribution in [0.25, 0.3) is 0 Å². The maximum Gasteiger partial charge on any atom is 0.191 e. The van der Waals surface area contributed by atoms with Crippen LogP contribution in [0, 0.1) is 5.92 Å². The van der Waals surface area contributed by atoms with Crippen LogP contribution in [0.2, 0.25) is 0 Å². The molecule has 5 nitrogen and oxygen atoms in total. The van der Waals surface area contributed by atoms with Gasteiger partial charge in [-0.2, -0.15) is 0 Å². The molecule has 2 N–H and O–H groups in total. The molecule has 22 heavy (non-hydrogen) atoms. The molecular formula is C17H30N4O. The van der Waals surface area contributed by atoms with Gasteiger partial charge in [0.25, 0.3) is 0 Å². The van der Waals surface area contributed by atoms with Crippen molar-refractivity contribution in [1.82, 2.24) is 15.5 Å². The van der Waals surface area contributed by atoms with Crippen LogP contribution in [0.5, 0.6) is 0 Å². The van der Waals surface area contributed by atoms with Crippen LogP contribution >= 0.6 is 0 Å². The number of hydrogen-bond acceptors (Lipinski definition) is 3. The quantitative estimate of drug-likeness (QED) is 0.598. The Hall–Kier alpha value is -1.49. The fourth-order valence-electron chi connectivity index (χ4n) is 3.04. The lowest BCUT2D eigenvalue weighted by Crippen LogP contribution is -2.48. The Morgan fingerprint density at radius 1 is 1.32 bits per heavy atom. The number of nitrogens with zero attached hydrogens (tertiary/aromatic N) is 2. The Bertz CT molecular complexity index is 436. The summed E-state index contributed by atoms with van der Waals surface area (Å²) in [6, 6.07) is 4.50. The third kappa shape index (κ3) is 5.05. The van der Waals surface area contributed by atoms with E-state index in [-0.39, 0.29) is 0 Å². The summed E-state index contributed by atoms with van der Waals surface area (Å²) in [5.41, 5.74) is 0. The normalized spacial score (nSPS) is 17.9. The summed E-state index contributed by atoms with van der Waals surface area (Å²) >= 11 is 0. The van der Waals surface area contributed by atoms with Gasteiger partial charge in [-0.15, -0.1) is 0 Å². The van der Waals surface area contributed by atoms with Crippen LogP contribution in [0.3, 0.4) is 0 Å². The van der Waals surface area contributed by atoms with Crippen molar-refractivity contribution in [3.63, 3.8) is 0 Å². The molecule has 1 unspecified atom stereocenters. The highest BCUT2D eigenvalue weighted by atomic mass is 16.3. The molecule has 1 atom stereocenters. The van der Waals surface area contributed by atoms with Gasteiger partial charge < -0.3 is 15.1 Å². The first-order valence-corrected chi connectivity index (χ1v) is 8.41. The van der Waals surface area contributed by atoms with Crippen molar-refractivity contribution in [1.29, 1.82) is 0 Å². The largest absolute Gasteiger partial charge is 0.469 e. The van der Waals surface area contributed by atoms with E-state index >= 15 is 0 Å². The zero-order valence-electron chi connectivity index (χ0n) is 14.1. The lowest BCUT2D eigenvalue weighted by Gasteiger charge is -2.31. The van der Waals surface area contributed by atoms with Crippen LogP contribution in [0.1, 0.15) is 32.4 Å². The number of likely N-dealkylation sites (tertiary alicyclic amines) is 1. The smallest absolute Gasteiger partial charge is 0.191 e. The third-order valence-corrected chi connectivity index (χ3v) is 4.33. The first-order valence-electron chi connectivity index (χ1n) is 8.41. The van der Waals surface area contributed by atoms with Gasteiger partial charge in [-0.1, -0.05) is 13.8 Å². The van der Waals surface area contributed by atoms with E-state index in [9.17, 15) is 0 Å². The second-order valence-electron chi connectivity index (χ2n) is 6.26. The van der Waals surface area contributed by atoms with E-state index in [1.807, 2.05) is 19.2 Å². The highest BCUT2D eigenvalue weighted by molar-refractivity contribution is 5.79. The van der Waals surface area contributed by atoms with E-state index in [2.05, 4.69) is 34.4 Å². The van der Waals surface area contributed by atoms with Crippen LogP contribution in [-0.2, 0) is 6.42 Å².